The van der Waals surface area contributed by atoms with Gasteiger partial charge in [0.25, 0.3) is 0 Å². The van der Waals surface area contributed by atoms with Gasteiger partial charge in [0.2, 0.25) is 0 Å². The zero-order chi connectivity index (χ0) is 20.2. The van der Waals surface area contributed by atoms with Crippen LogP contribution in [0, 0.1) is 12.1 Å². The quantitative estimate of drug-likeness (QED) is 0.120. The van der Waals surface area contributed by atoms with E-state index in [1.165, 1.54) is 33.4 Å². The second kappa shape index (κ2) is 11.2. The van der Waals surface area contributed by atoms with Gasteiger partial charge < -0.3 is 18.2 Å². The van der Waals surface area contributed by atoms with Gasteiger partial charge >= 0.3 is 37.9 Å². The average molecular weight is 594 g/mol. The molecule has 3 aliphatic rings. The molecule has 30 heavy (non-hydrogen) atoms. The SMILES string of the molecule is BrC1=CC2=Cc3ccc[c-]c3C2O1.[Cl][Zr][Cl].[SH-].[c-]1cccc2c1-c1ccccc1C2. The molecule has 0 amide bonds. The van der Waals surface area contributed by atoms with Crippen LogP contribution in [0.4, 0.5) is 0 Å². The second-order valence-corrected chi connectivity index (χ2v) is 11.1. The fourth-order valence-electron chi connectivity index (χ4n) is 3.75. The van der Waals surface area contributed by atoms with Gasteiger partial charge in [0.1, 0.15) is 6.10 Å². The van der Waals surface area contributed by atoms with Crippen LogP contribution < -0.4 is 0 Å². The molecule has 3 aromatic rings. The Morgan fingerprint density at radius 1 is 0.933 bits per heavy atom. The largest absolute Gasteiger partial charge is 0.813 e. The van der Waals surface area contributed by atoms with Crippen molar-refractivity contribution in [3.8, 4) is 11.1 Å². The fraction of sp³-hybridized carbons (Fsp3) is 0.0833. The Bertz CT molecular complexity index is 1060. The van der Waals surface area contributed by atoms with Gasteiger partial charge in [-0.15, -0.1) is 52.6 Å². The van der Waals surface area contributed by atoms with Crippen molar-refractivity contribution in [2.75, 3.05) is 0 Å². The molecule has 0 radical (unpaired) electrons. The Balaban J connectivity index is 0.000000147. The van der Waals surface area contributed by atoms with Crippen LogP contribution in [0.3, 0.4) is 0 Å². The molecule has 0 bridgehead atoms. The third kappa shape index (κ3) is 5.17. The Labute approximate surface area is 211 Å². The predicted octanol–water partition coefficient (Wildman–Crippen LogP) is 7.36. The van der Waals surface area contributed by atoms with Crippen LogP contribution in [0.25, 0.3) is 17.2 Å². The first-order valence-corrected chi connectivity index (χ1v) is 16.1. The van der Waals surface area contributed by atoms with Crippen LogP contribution in [-0.2, 0) is 45.5 Å². The van der Waals surface area contributed by atoms with Crippen molar-refractivity contribution in [3.63, 3.8) is 0 Å². The summed E-state index contributed by atoms with van der Waals surface area (Å²) in [4.78, 5) is 0. The van der Waals surface area contributed by atoms with Crippen molar-refractivity contribution < 1.29 is 25.6 Å². The summed E-state index contributed by atoms with van der Waals surface area (Å²) in [5.74, 6) is 0. The zero-order valence-corrected chi connectivity index (χ0v) is 22.2. The van der Waals surface area contributed by atoms with E-state index in [2.05, 4.69) is 76.6 Å². The van der Waals surface area contributed by atoms with Crippen molar-refractivity contribution in [2.45, 2.75) is 12.5 Å². The molecular weight excluding hydrogens is 578 g/mol. The molecule has 1 atom stereocenters. The van der Waals surface area contributed by atoms with Gasteiger partial charge in [-0.25, -0.2) is 0 Å². The number of thiol groups is 1. The second-order valence-electron chi connectivity index (χ2n) is 6.61. The third-order valence-electron chi connectivity index (χ3n) is 4.93. The van der Waals surface area contributed by atoms with Gasteiger partial charge in [0.05, 0.1) is 0 Å². The molecule has 3 aromatic carbocycles. The number of hydrogen-bond donors (Lipinski definition) is 0. The maximum atomic E-state index is 5.59. The van der Waals surface area contributed by atoms with E-state index in [-0.39, 0.29) is 19.6 Å². The molecule has 0 spiro atoms. The first kappa shape index (κ1) is 23.9. The standard InChI is InChI=1S/C13H9.C11H6BrO.2ClH.H2S.Zr/c1-3-7-12-10(5-1)9-11-6-2-4-8-13(11)12;12-10-6-8-5-7-3-1-2-4-9(7)11(8)13-10;;;;/h1-7H,9H2;1-3,5-6,11H;2*1H;1H2;/q2*-1;;;;+2/p-3. The van der Waals surface area contributed by atoms with Crippen LogP contribution in [0.1, 0.15) is 28.4 Å². The molecule has 0 saturated heterocycles. The van der Waals surface area contributed by atoms with Gasteiger partial charge in [-0.05, 0) is 34.0 Å². The summed E-state index contributed by atoms with van der Waals surface area (Å²) in [6.07, 6.45) is 5.30. The van der Waals surface area contributed by atoms with Crippen molar-refractivity contribution in [2.24, 2.45) is 0 Å². The molecule has 1 unspecified atom stereocenters. The van der Waals surface area contributed by atoms with E-state index in [9.17, 15) is 0 Å². The molecule has 6 rings (SSSR count). The van der Waals surface area contributed by atoms with Crippen molar-refractivity contribution in [1.82, 2.24) is 0 Å². The maximum absolute atomic E-state index is 5.59. The molecule has 152 valence electrons. The van der Waals surface area contributed by atoms with Crippen LogP contribution in [0.2, 0.25) is 0 Å². The summed E-state index contributed by atoms with van der Waals surface area (Å²) in [6.45, 7) is 0. The molecule has 1 aliphatic heterocycles. The number of benzene rings is 3. The first-order valence-electron chi connectivity index (χ1n) is 9.01. The maximum Gasteiger partial charge on any atom is -0.0454 e. The average Bonchev–Trinajstić information content (AvgIpc) is 3.39. The fourth-order valence-corrected chi connectivity index (χ4v) is 4.20. The molecule has 0 fully saturated rings. The molecule has 1 nitrogen and oxygen atoms in total. The van der Waals surface area contributed by atoms with Crippen molar-refractivity contribution in [3.05, 3.63) is 111 Å². The van der Waals surface area contributed by atoms with E-state index in [0.29, 0.717) is 0 Å². The van der Waals surface area contributed by atoms with E-state index in [4.69, 9.17) is 21.8 Å². The number of rotatable bonds is 0. The van der Waals surface area contributed by atoms with Crippen molar-refractivity contribution >= 4 is 52.5 Å². The summed E-state index contributed by atoms with van der Waals surface area (Å²) in [6, 6.07) is 27.3. The Kier molecular flexibility index (Phi) is 8.92. The van der Waals surface area contributed by atoms with Crippen molar-refractivity contribution in [1.29, 1.82) is 0 Å². The van der Waals surface area contributed by atoms with E-state index in [1.807, 2.05) is 24.3 Å². The molecule has 2 aliphatic carbocycles. The number of hydrogen-bond acceptors (Lipinski definition) is 2. The minimum Gasteiger partial charge on any atom is -0.813 e. The minimum atomic E-state index is -0.826. The summed E-state index contributed by atoms with van der Waals surface area (Å²) in [5, 5.41) is 0. The normalized spacial score (nSPS) is 15.8. The van der Waals surface area contributed by atoms with Gasteiger partial charge in [0.15, 0.2) is 4.67 Å². The van der Waals surface area contributed by atoms with E-state index in [0.717, 1.165) is 16.7 Å². The number of halogens is 3. The molecular formula is C24H16BrCl2OSZr-3. The summed E-state index contributed by atoms with van der Waals surface area (Å²) >= 11 is 2.50. The number of ether oxygens (including phenoxy) is 1. The van der Waals surface area contributed by atoms with Gasteiger partial charge in [-0.1, -0.05) is 35.4 Å². The first-order chi connectivity index (χ1) is 14.2. The van der Waals surface area contributed by atoms with E-state index in [1.54, 1.807) is 0 Å². The zero-order valence-electron chi connectivity index (χ0n) is 15.7. The van der Waals surface area contributed by atoms with Crippen LogP contribution in [0.5, 0.6) is 0 Å². The smallest absolute Gasteiger partial charge is 0.0454 e. The van der Waals surface area contributed by atoms with Crippen LogP contribution in [0.15, 0.2) is 77.0 Å². The molecule has 1 heterocycles. The molecule has 0 aromatic heterocycles. The monoisotopic (exact) mass is 591 g/mol. The summed E-state index contributed by atoms with van der Waals surface area (Å²) in [7, 11) is 9.87. The third-order valence-corrected chi connectivity index (χ3v) is 5.35. The number of fused-ring (bicyclic) bond motifs is 6. The Hall–Kier alpha value is -0.767. The van der Waals surface area contributed by atoms with Gasteiger partial charge in [-0.2, -0.15) is 24.3 Å². The Morgan fingerprint density at radius 3 is 2.47 bits per heavy atom. The molecule has 0 N–H and O–H groups in total. The van der Waals surface area contributed by atoms with Crippen LogP contribution >= 0.6 is 33.0 Å². The minimum absolute atomic E-state index is 0. The predicted molar refractivity (Wildman–Crippen MR) is 128 cm³/mol. The summed E-state index contributed by atoms with van der Waals surface area (Å²) in [5.41, 5.74) is 9.06. The van der Waals surface area contributed by atoms with E-state index >= 15 is 0 Å². The Morgan fingerprint density at radius 2 is 1.63 bits per heavy atom. The summed E-state index contributed by atoms with van der Waals surface area (Å²) < 4.78 is 6.40. The molecule has 6 heteroatoms. The molecule has 0 saturated carbocycles. The van der Waals surface area contributed by atoms with Crippen LogP contribution in [-0.4, -0.2) is 0 Å². The van der Waals surface area contributed by atoms with Gasteiger partial charge in [-0.3, -0.25) is 0 Å². The topological polar surface area (TPSA) is 9.23 Å². The van der Waals surface area contributed by atoms with Gasteiger partial charge in [0, 0.05) is 0 Å². The van der Waals surface area contributed by atoms with E-state index < -0.39 is 20.8 Å².